The summed E-state index contributed by atoms with van der Waals surface area (Å²) in [6, 6.07) is 23.1. The predicted molar refractivity (Wildman–Crippen MR) is 175 cm³/mol. The average Bonchev–Trinajstić information content (AvgIpc) is 3.46. The molecule has 0 saturated carbocycles. The van der Waals surface area contributed by atoms with Crippen LogP contribution in [-0.4, -0.2) is 44.7 Å². The SMILES string of the molecule is CCOc1ccccc1/C=C(\NC(=O)c1ccccc1)C(=O)Nc1ccc(SC(C)C(=O)Nc2nc(SCC)ns2)cc1. The Morgan fingerprint density at radius 3 is 2.40 bits per heavy atom. The summed E-state index contributed by atoms with van der Waals surface area (Å²) in [5, 5.41) is 9.14. The maximum Gasteiger partial charge on any atom is 0.272 e. The molecular weight excluding hydrogens is 603 g/mol. The number of nitrogens with one attached hydrogen (secondary N) is 3. The highest BCUT2D eigenvalue weighted by Gasteiger charge is 2.18. The van der Waals surface area contributed by atoms with Gasteiger partial charge in [0.2, 0.25) is 16.2 Å². The molecular formula is C31H31N5O4S3. The lowest BCUT2D eigenvalue weighted by Gasteiger charge is -2.14. The van der Waals surface area contributed by atoms with E-state index in [-0.39, 0.29) is 16.9 Å². The number of anilines is 2. The Morgan fingerprint density at radius 1 is 0.953 bits per heavy atom. The van der Waals surface area contributed by atoms with Gasteiger partial charge in [0.25, 0.3) is 11.8 Å². The fourth-order valence-corrected chi connectivity index (χ4v) is 5.85. The average molecular weight is 634 g/mol. The second-order valence-electron chi connectivity index (χ2n) is 8.89. The number of carbonyl (C=O) groups is 3. The molecule has 1 heterocycles. The Bertz CT molecular complexity index is 1580. The van der Waals surface area contributed by atoms with Crippen LogP contribution in [0.1, 0.15) is 36.7 Å². The molecule has 3 aromatic carbocycles. The van der Waals surface area contributed by atoms with Crippen molar-refractivity contribution in [2.45, 2.75) is 36.1 Å². The van der Waals surface area contributed by atoms with Crippen molar-refractivity contribution in [2.75, 3.05) is 23.0 Å². The maximum absolute atomic E-state index is 13.4. The minimum atomic E-state index is -0.499. The number of hydrogen-bond donors (Lipinski definition) is 3. The van der Waals surface area contributed by atoms with Crippen LogP contribution >= 0.6 is 35.1 Å². The standard InChI is InChI=1S/C31H31N5O4S3/c1-4-40-26-14-10-9-13-22(26)19-25(33-28(38)21-11-7-6-8-12-21)29(39)32-23-15-17-24(18-16-23)42-20(3)27(37)34-30-35-31(36-43-30)41-5-2/h6-20H,4-5H2,1-3H3,(H,32,39)(H,33,38)(H,34,35,36,37)/b25-19-. The summed E-state index contributed by atoms with van der Waals surface area (Å²) >= 11 is 4.05. The molecule has 9 nitrogen and oxygen atoms in total. The molecule has 4 rings (SSSR count). The van der Waals surface area contributed by atoms with Gasteiger partial charge in [0.15, 0.2) is 0 Å². The summed E-state index contributed by atoms with van der Waals surface area (Å²) in [4.78, 5) is 44.2. The third-order valence-corrected chi connectivity index (χ3v) is 8.34. The first-order valence-corrected chi connectivity index (χ1v) is 16.2. The van der Waals surface area contributed by atoms with E-state index in [1.54, 1.807) is 48.5 Å². The zero-order chi connectivity index (χ0) is 30.6. The number of carbonyl (C=O) groups excluding carboxylic acids is 3. The molecule has 4 aromatic rings. The molecule has 1 unspecified atom stereocenters. The molecule has 0 spiro atoms. The lowest BCUT2D eigenvalue weighted by molar-refractivity contribution is -0.115. The van der Waals surface area contributed by atoms with E-state index in [4.69, 9.17) is 4.74 Å². The molecule has 1 aromatic heterocycles. The predicted octanol–water partition coefficient (Wildman–Crippen LogP) is 6.58. The van der Waals surface area contributed by atoms with Crippen molar-refractivity contribution in [2.24, 2.45) is 0 Å². The van der Waals surface area contributed by atoms with Gasteiger partial charge in [-0.05, 0) is 68.1 Å². The Morgan fingerprint density at radius 2 is 1.67 bits per heavy atom. The van der Waals surface area contributed by atoms with Crippen LogP contribution in [0.5, 0.6) is 5.75 Å². The first kappa shape index (κ1) is 31.8. The van der Waals surface area contributed by atoms with Gasteiger partial charge in [-0.2, -0.15) is 9.36 Å². The molecule has 1 atom stereocenters. The molecule has 3 N–H and O–H groups in total. The smallest absolute Gasteiger partial charge is 0.272 e. The van der Waals surface area contributed by atoms with Crippen LogP contribution in [0.3, 0.4) is 0 Å². The van der Waals surface area contributed by atoms with Crippen molar-refractivity contribution in [3.05, 3.63) is 95.7 Å². The van der Waals surface area contributed by atoms with E-state index in [1.807, 2.05) is 57.2 Å². The number of aromatic nitrogens is 2. The van der Waals surface area contributed by atoms with Gasteiger partial charge >= 0.3 is 0 Å². The molecule has 0 fully saturated rings. The normalized spacial score (nSPS) is 11.8. The van der Waals surface area contributed by atoms with E-state index in [1.165, 1.54) is 23.5 Å². The van der Waals surface area contributed by atoms with Crippen LogP contribution in [0.25, 0.3) is 6.08 Å². The van der Waals surface area contributed by atoms with Crippen molar-refractivity contribution < 1.29 is 19.1 Å². The highest BCUT2D eigenvalue weighted by molar-refractivity contribution is 8.00. The van der Waals surface area contributed by atoms with E-state index in [2.05, 4.69) is 25.3 Å². The summed E-state index contributed by atoms with van der Waals surface area (Å²) in [7, 11) is 0. The van der Waals surface area contributed by atoms with Gasteiger partial charge < -0.3 is 15.4 Å². The van der Waals surface area contributed by atoms with Crippen LogP contribution in [0.4, 0.5) is 10.8 Å². The minimum Gasteiger partial charge on any atom is -0.493 e. The number of thioether (sulfide) groups is 2. The van der Waals surface area contributed by atoms with Gasteiger partial charge in [-0.1, -0.05) is 55.1 Å². The highest BCUT2D eigenvalue weighted by Crippen LogP contribution is 2.27. The summed E-state index contributed by atoms with van der Waals surface area (Å²) in [6.45, 7) is 6.16. The Kier molecular flexibility index (Phi) is 11.8. The van der Waals surface area contributed by atoms with Crippen LogP contribution in [0, 0.1) is 0 Å². The van der Waals surface area contributed by atoms with Crippen molar-refractivity contribution in [3.63, 3.8) is 0 Å². The van der Waals surface area contributed by atoms with E-state index in [0.29, 0.717) is 39.5 Å². The van der Waals surface area contributed by atoms with Gasteiger partial charge in [0.05, 0.1) is 11.9 Å². The molecule has 0 radical (unpaired) electrons. The lowest BCUT2D eigenvalue weighted by Crippen LogP contribution is -2.30. The van der Waals surface area contributed by atoms with Crippen LogP contribution in [0.2, 0.25) is 0 Å². The molecule has 0 bridgehead atoms. The van der Waals surface area contributed by atoms with Gasteiger partial charge in [0.1, 0.15) is 11.4 Å². The Labute approximate surface area is 263 Å². The molecule has 222 valence electrons. The van der Waals surface area contributed by atoms with Crippen LogP contribution in [-0.2, 0) is 9.59 Å². The first-order valence-electron chi connectivity index (χ1n) is 13.5. The monoisotopic (exact) mass is 633 g/mol. The maximum atomic E-state index is 13.4. The van der Waals surface area contributed by atoms with Gasteiger partial charge in [-0.25, -0.2) is 0 Å². The molecule has 0 aliphatic carbocycles. The Balaban J connectivity index is 1.44. The van der Waals surface area contributed by atoms with Gasteiger partial charge in [-0.3, -0.25) is 19.7 Å². The molecule has 0 saturated heterocycles. The summed E-state index contributed by atoms with van der Waals surface area (Å²) in [5.41, 5.74) is 1.65. The Hall–Kier alpha value is -4.13. The number of amides is 3. The van der Waals surface area contributed by atoms with Crippen molar-refractivity contribution in [1.82, 2.24) is 14.7 Å². The number of benzene rings is 3. The number of para-hydroxylation sites is 1. The highest BCUT2D eigenvalue weighted by atomic mass is 32.2. The van der Waals surface area contributed by atoms with Crippen LogP contribution < -0.4 is 20.7 Å². The van der Waals surface area contributed by atoms with Crippen molar-refractivity contribution in [1.29, 1.82) is 0 Å². The fraction of sp³-hybridized carbons (Fsp3) is 0.194. The van der Waals surface area contributed by atoms with E-state index in [0.717, 1.165) is 22.2 Å². The fourth-order valence-electron chi connectivity index (χ4n) is 3.71. The zero-order valence-corrected chi connectivity index (χ0v) is 26.3. The number of ether oxygens (including phenoxy) is 1. The topological polar surface area (TPSA) is 122 Å². The third kappa shape index (κ3) is 9.43. The lowest BCUT2D eigenvalue weighted by atomic mass is 10.1. The summed E-state index contributed by atoms with van der Waals surface area (Å²) in [6.07, 6.45) is 1.59. The number of hydrogen-bond acceptors (Lipinski definition) is 9. The summed E-state index contributed by atoms with van der Waals surface area (Å²) in [5.74, 6) is 0.359. The molecule has 3 amide bonds. The first-order chi connectivity index (χ1) is 20.9. The molecule has 0 aliphatic rings. The molecule has 0 aliphatic heterocycles. The third-order valence-electron chi connectivity index (χ3n) is 5.75. The minimum absolute atomic E-state index is 0.0573. The zero-order valence-electron chi connectivity index (χ0n) is 23.8. The van der Waals surface area contributed by atoms with E-state index < -0.39 is 11.8 Å². The quantitative estimate of drug-likeness (QED) is 0.112. The van der Waals surface area contributed by atoms with Crippen molar-refractivity contribution >= 4 is 69.7 Å². The number of rotatable bonds is 13. The van der Waals surface area contributed by atoms with Gasteiger partial charge in [0, 0.05) is 33.2 Å². The second kappa shape index (κ2) is 15.9. The van der Waals surface area contributed by atoms with Crippen molar-refractivity contribution in [3.8, 4) is 5.75 Å². The molecule has 12 heteroatoms. The summed E-state index contributed by atoms with van der Waals surface area (Å²) < 4.78 is 9.92. The van der Waals surface area contributed by atoms with E-state index in [9.17, 15) is 14.4 Å². The second-order valence-corrected chi connectivity index (χ2v) is 12.3. The van der Waals surface area contributed by atoms with E-state index >= 15 is 0 Å². The largest absolute Gasteiger partial charge is 0.493 e. The number of nitrogens with zero attached hydrogens (tertiary/aromatic N) is 2. The van der Waals surface area contributed by atoms with Gasteiger partial charge in [-0.15, -0.1) is 11.8 Å². The van der Waals surface area contributed by atoms with Crippen LogP contribution in [0.15, 0.2) is 94.6 Å². The molecule has 43 heavy (non-hydrogen) atoms.